The number of hydrogen-bond donors (Lipinski definition) is 1. The first-order valence-electron chi connectivity index (χ1n) is 11.5. The lowest BCUT2D eigenvalue weighted by Gasteiger charge is -2.36. The maximum atomic E-state index is 13.5. The third-order valence-electron chi connectivity index (χ3n) is 6.44. The van der Waals surface area contributed by atoms with Gasteiger partial charge in [-0.3, -0.25) is 9.78 Å². The Balaban J connectivity index is 1.45. The Labute approximate surface area is 222 Å². The standard InChI is InChI=1S/C27H22BrN3O5S/c28-20-3-1-19-16-22(4-2-18(19)15-20)37(35,36)23-5-6-24(27(33)34)25(17-23)26(32)31-13-11-30(12-14-31)21-7-9-29-10-8-21/h1-10,15-17H,11-14H2,(H,33,34). The zero-order chi connectivity index (χ0) is 26.2. The van der Waals surface area contributed by atoms with Crippen molar-refractivity contribution in [3.8, 4) is 0 Å². The summed E-state index contributed by atoms with van der Waals surface area (Å²) in [6.07, 6.45) is 3.40. The molecule has 0 unspecified atom stereocenters. The van der Waals surface area contributed by atoms with E-state index in [0.717, 1.165) is 20.9 Å². The average molecular weight is 580 g/mol. The van der Waals surface area contributed by atoms with Gasteiger partial charge in [0.05, 0.1) is 20.9 Å². The summed E-state index contributed by atoms with van der Waals surface area (Å²) in [4.78, 5) is 33.0. The van der Waals surface area contributed by atoms with Crippen LogP contribution in [0.1, 0.15) is 20.7 Å². The molecule has 2 heterocycles. The van der Waals surface area contributed by atoms with Gasteiger partial charge >= 0.3 is 5.97 Å². The third-order valence-corrected chi connectivity index (χ3v) is 8.68. The van der Waals surface area contributed by atoms with Gasteiger partial charge in [0, 0.05) is 48.7 Å². The molecular weight excluding hydrogens is 558 g/mol. The van der Waals surface area contributed by atoms with Crippen molar-refractivity contribution < 1.29 is 23.1 Å². The molecular formula is C27H22BrN3O5S. The highest BCUT2D eigenvalue weighted by molar-refractivity contribution is 9.10. The largest absolute Gasteiger partial charge is 0.478 e. The molecule has 0 saturated carbocycles. The second-order valence-corrected chi connectivity index (χ2v) is 11.5. The number of hydrogen-bond acceptors (Lipinski definition) is 6. The lowest BCUT2D eigenvalue weighted by Crippen LogP contribution is -2.49. The van der Waals surface area contributed by atoms with E-state index in [1.54, 1.807) is 29.4 Å². The molecule has 0 spiro atoms. The van der Waals surface area contributed by atoms with E-state index < -0.39 is 21.7 Å². The number of piperazine rings is 1. The molecule has 1 saturated heterocycles. The topological polar surface area (TPSA) is 108 Å². The van der Waals surface area contributed by atoms with Crippen molar-refractivity contribution in [2.75, 3.05) is 31.1 Å². The van der Waals surface area contributed by atoms with E-state index in [9.17, 15) is 23.1 Å². The number of amides is 1. The highest BCUT2D eigenvalue weighted by Crippen LogP contribution is 2.28. The van der Waals surface area contributed by atoms with E-state index in [1.807, 2.05) is 30.3 Å². The fraction of sp³-hybridized carbons (Fsp3) is 0.148. The van der Waals surface area contributed by atoms with Crippen molar-refractivity contribution >= 4 is 54.1 Å². The molecule has 1 aromatic heterocycles. The molecule has 8 nitrogen and oxygen atoms in total. The minimum absolute atomic E-state index is 0.0646. The molecule has 4 aromatic rings. The van der Waals surface area contributed by atoms with Crippen LogP contribution in [0.15, 0.2) is 93.4 Å². The first-order chi connectivity index (χ1) is 17.7. The molecule has 188 valence electrons. The van der Waals surface area contributed by atoms with Gasteiger partial charge in [0.1, 0.15) is 0 Å². The molecule has 1 aliphatic heterocycles. The summed E-state index contributed by atoms with van der Waals surface area (Å²) in [6.45, 7) is 1.86. The van der Waals surface area contributed by atoms with E-state index in [1.165, 1.54) is 24.3 Å². The van der Waals surface area contributed by atoms with E-state index in [2.05, 4.69) is 25.8 Å². The van der Waals surface area contributed by atoms with Gasteiger partial charge in [-0.15, -0.1) is 0 Å². The Morgan fingerprint density at radius 2 is 1.41 bits per heavy atom. The summed E-state index contributed by atoms with van der Waals surface area (Å²) in [6, 6.07) is 17.7. The van der Waals surface area contributed by atoms with Gasteiger partial charge in [0.2, 0.25) is 9.84 Å². The number of halogens is 1. The van der Waals surface area contributed by atoms with Crippen LogP contribution in [0.3, 0.4) is 0 Å². The Morgan fingerprint density at radius 1 is 0.784 bits per heavy atom. The predicted octanol–water partition coefficient (Wildman–Crippen LogP) is 4.49. The Hall–Kier alpha value is -3.76. The number of fused-ring (bicyclic) bond motifs is 1. The van der Waals surface area contributed by atoms with Crippen molar-refractivity contribution in [1.29, 1.82) is 0 Å². The molecule has 37 heavy (non-hydrogen) atoms. The molecule has 0 radical (unpaired) electrons. The van der Waals surface area contributed by atoms with Crippen LogP contribution in [0.4, 0.5) is 5.69 Å². The molecule has 3 aromatic carbocycles. The van der Waals surface area contributed by atoms with Gasteiger partial charge in [-0.05, 0) is 65.4 Å². The van der Waals surface area contributed by atoms with Crippen molar-refractivity contribution in [2.45, 2.75) is 9.79 Å². The van der Waals surface area contributed by atoms with Crippen LogP contribution in [0, 0.1) is 0 Å². The molecule has 5 rings (SSSR count). The summed E-state index contributed by atoms with van der Waals surface area (Å²) in [7, 11) is -4.00. The van der Waals surface area contributed by atoms with Crippen LogP contribution in [-0.2, 0) is 9.84 Å². The summed E-state index contributed by atoms with van der Waals surface area (Å²) in [5, 5.41) is 11.3. The fourth-order valence-electron chi connectivity index (χ4n) is 4.44. The zero-order valence-corrected chi connectivity index (χ0v) is 21.9. The summed E-state index contributed by atoms with van der Waals surface area (Å²) in [5.74, 6) is -1.80. The smallest absolute Gasteiger partial charge is 0.336 e. The van der Waals surface area contributed by atoms with Gasteiger partial charge < -0.3 is 14.9 Å². The van der Waals surface area contributed by atoms with Crippen molar-refractivity contribution in [1.82, 2.24) is 9.88 Å². The van der Waals surface area contributed by atoms with Crippen LogP contribution < -0.4 is 4.90 Å². The second-order valence-electron chi connectivity index (χ2n) is 8.65. The van der Waals surface area contributed by atoms with Gasteiger partial charge in [0.25, 0.3) is 5.91 Å². The molecule has 0 aliphatic carbocycles. The maximum Gasteiger partial charge on any atom is 0.336 e. The minimum atomic E-state index is -4.00. The number of anilines is 1. The molecule has 1 aliphatic rings. The summed E-state index contributed by atoms with van der Waals surface area (Å²) >= 11 is 3.41. The van der Waals surface area contributed by atoms with Crippen LogP contribution in [-0.4, -0.2) is 61.5 Å². The Kier molecular flexibility index (Phi) is 6.70. The number of sulfone groups is 1. The second kappa shape index (κ2) is 9.95. The van der Waals surface area contributed by atoms with Gasteiger partial charge in [-0.2, -0.15) is 0 Å². The van der Waals surface area contributed by atoms with Crippen LogP contribution >= 0.6 is 15.9 Å². The summed E-state index contributed by atoms with van der Waals surface area (Å²) in [5.41, 5.74) is 0.615. The van der Waals surface area contributed by atoms with Crippen molar-refractivity contribution in [3.63, 3.8) is 0 Å². The maximum absolute atomic E-state index is 13.5. The van der Waals surface area contributed by atoms with Crippen molar-refractivity contribution in [3.05, 3.63) is 94.7 Å². The highest BCUT2D eigenvalue weighted by atomic mass is 79.9. The molecule has 1 N–H and O–H groups in total. The number of aromatic nitrogens is 1. The third kappa shape index (κ3) is 4.94. The van der Waals surface area contributed by atoms with Crippen LogP contribution in [0.25, 0.3) is 10.8 Å². The number of rotatable bonds is 5. The molecule has 1 amide bonds. The average Bonchev–Trinajstić information content (AvgIpc) is 2.92. The minimum Gasteiger partial charge on any atom is -0.478 e. The van der Waals surface area contributed by atoms with E-state index in [4.69, 9.17) is 0 Å². The van der Waals surface area contributed by atoms with Crippen molar-refractivity contribution in [2.24, 2.45) is 0 Å². The Bertz CT molecular complexity index is 1620. The number of carbonyl (C=O) groups is 2. The Morgan fingerprint density at radius 3 is 2.11 bits per heavy atom. The summed E-state index contributed by atoms with van der Waals surface area (Å²) < 4.78 is 27.8. The number of carboxylic acid groups (broad SMARTS) is 1. The molecule has 0 atom stereocenters. The quantitative estimate of drug-likeness (QED) is 0.371. The number of benzene rings is 3. The lowest BCUT2D eigenvalue weighted by atomic mass is 10.1. The van der Waals surface area contributed by atoms with E-state index >= 15 is 0 Å². The number of aromatic carboxylic acids is 1. The first-order valence-corrected chi connectivity index (χ1v) is 13.8. The number of pyridine rings is 1. The number of carbonyl (C=O) groups excluding carboxylic acids is 1. The molecule has 0 bridgehead atoms. The zero-order valence-electron chi connectivity index (χ0n) is 19.5. The van der Waals surface area contributed by atoms with Gasteiger partial charge in [-0.1, -0.05) is 28.1 Å². The van der Waals surface area contributed by atoms with E-state index in [-0.39, 0.29) is 20.9 Å². The van der Waals surface area contributed by atoms with Gasteiger partial charge in [0.15, 0.2) is 0 Å². The molecule has 1 fully saturated rings. The number of nitrogens with zero attached hydrogens (tertiary/aromatic N) is 3. The fourth-order valence-corrected chi connectivity index (χ4v) is 6.15. The highest BCUT2D eigenvalue weighted by Gasteiger charge is 2.28. The predicted molar refractivity (Wildman–Crippen MR) is 143 cm³/mol. The normalized spacial score (nSPS) is 14.1. The first kappa shape index (κ1) is 24.9. The lowest BCUT2D eigenvalue weighted by molar-refractivity contribution is 0.0672. The van der Waals surface area contributed by atoms with Gasteiger partial charge in [-0.25, -0.2) is 13.2 Å². The van der Waals surface area contributed by atoms with E-state index in [0.29, 0.717) is 26.2 Å². The SMILES string of the molecule is O=C(O)c1ccc(S(=O)(=O)c2ccc3cc(Br)ccc3c2)cc1C(=O)N1CCN(c2ccncc2)CC1. The van der Waals surface area contributed by atoms with Crippen LogP contribution in [0.2, 0.25) is 0 Å². The monoisotopic (exact) mass is 579 g/mol. The van der Waals surface area contributed by atoms with Crippen LogP contribution in [0.5, 0.6) is 0 Å². The number of carboxylic acids is 1. The molecule has 10 heteroatoms.